The third-order valence-electron chi connectivity index (χ3n) is 4.58. The molecule has 0 spiro atoms. The van der Waals surface area contributed by atoms with E-state index in [1.54, 1.807) is 42.1 Å². The Labute approximate surface area is 165 Å². The normalized spacial score (nSPS) is 12.1. The van der Waals surface area contributed by atoms with Crippen molar-refractivity contribution in [3.63, 3.8) is 0 Å². The SMILES string of the molecule is COC(=O)c1cn(C(c2ccc(OC)cc2)c2ncn(C)n2)cc2c(=O)[nH]nc1-2. The quantitative estimate of drug-likeness (QED) is 0.506. The first kappa shape index (κ1) is 18.4. The fourth-order valence-corrected chi connectivity index (χ4v) is 3.19. The van der Waals surface area contributed by atoms with Gasteiger partial charge in [0.25, 0.3) is 5.56 Å². The third-order valence-corrected chi connectivity index (χ3v) is 4.58. The van der Waals surface area contributed by atoms with Gasteiger partial charge in [0.1, 0.15) is 29.4 Å². The van der Waals surface area contributed by atoms with E-state index in [4.69, 9.17) is 9.47 Å². The maximum atomic E-state index is 12.3. The molecule has 2 aromatic rings. The molecule has 4 rings (SSSR count). The zero-order chi connectivity index (χ0) is 20.5. The molecule has 0 saturated carbocycles. The summed E-state index contributed by atoms with van der Waals surface area (Å²) in [5, 5.41) is 10.8. The molecule has 1 aromatic carbocycles. The smallest absolute Gasteiger partial charge is 0.341 e. The number of fused-ring (bicyclic) bond motifs is 1. The van der Waals surface area contributed by atoms with Crippen LogP contribution in [0, 0.1) is 0 Å². The van der Waals surface area contributed by atoms with E-state index < -0.39 is 17.6 Å². The Morgan fingerprint density at radius 1 is 1.17 bits per heavy atom. The molecule has 1 unspecified atom stereocenters. The molecule has 0 aliphatic carbocycles. The minimum absolute atomic E-state index is 0.165. The maximum Gasteiger partial charge on any atom is 0.341 e. The number of methoxy groups -OCH3 is 2. The van der Waals surface area contributed by atoms with Crippen molar-refractivity contribution in [2.75, 3.05) is 14.2 Å². The second-order valence-electron chi connectivity index (χ2n) is 6.38. The Hall–Kier alpha value is -3.95. The van der Waals surface area contributed by atoms with Crippen LogP contribution in [0.25, 0.3) is 11.3 Å². The van der Waals surface area contributed by atoms with Crippen LogP contribution in [0.3, 0.4) is 0 Å². The molecule has 29 heavy (non-hydrogen) atoms. The highest BCUT2D eigenvalue weighted by atomic mass is 16.5. The fourth-order valence-electron chi connectivity index (χ4n) is 3.19. The zero-order valence-electron chi connectivity index (χ0n) is 16.0. The van der Waals surface area contributed by atoms with E-state index in [1.807, 2.05) is 24.3 Å². The number of carbonyl (C=O) groups excluding carboxylic acids is 1. The molecule has 3 heterocycles. The van der Waals surface area contributed by atoms with Crippen LogP contribution in [0.15, 0.2) is 47.8 Å². The highest BCUT2D eigenvalue weighted by molar-refractivity contribution is 5.96. The van der Waals surface area contributed by atoms with Gasteiger partial charge < -0.3 is 14.0 Å². The number of rotatable bonds is 5. The van der Waals surface area contributed by atoms with Crippen molar-refractivity contribution in [1.29, 1.82) is 0 Å². The highest BCUT2D eigenvalue weighted by Gasteiger charge is 2.27. The number of carbonyl (C=O) groups is 1. The van der Waals surface area contributed by atoms with Gasteiger partial charge in [-0.2, -0.15) is 10.2 Å². The summed E-state index contributed by atoms with van der Waals surface area (Å²) in [5.74, 6) is 0.598. The number of nitrogens with one attached hydrogen (secondary N) is 1. The predicted molar refractivity (Wildman–Crippen MR) is 102 cm³/mol. The van der Waals surface area contributed by atoms with Crippen molar-refractivity contribution < 1.29 is 14.3 Å². The summed E-state index contributed by atoms with van der Waals surface area (Å²) in [6.07, 6.45) is 4.79. The molecule has 1 atom stereocenters. The van der Waals surface area contributed by atoms with Gasteiger partial charge >= 0.3 is 5.97 Å². The van der Waals surface area contributed by atoms with Crippen LogP contribution in [0.1, 0.15) is 27.8 Å². The third kappa shape index (κ3) is 3.24. The first-order chi connectivity index (χ1) is 14.0. The predicted octanol–water partition coefficient (Wildman–Crippen LogP) is 1.24. The lowest BCUT2D eigenvalue weighted by Crippen LogP contribution is -2.19. The molecule has 0 saturated heterocycles. The number of esters is 1. The Morgan fingerprint density at radius 2 is 1.93 bits per heavy atom. The standard InChI is InChI=1S/C19H18N6O4/c1-24-10-20-17(23-24)16(11-4-6-12(28-2)7-5-11)25-8-13-15(21-22-18(13)26)14(9-25)19(27)29-3/h4-10,16H,1-3H3,(H,22,26). The molecule has 1 aromatic heterocycles. The van der Waals surface area contributed by atoms with Crippen molar-refractivity contribution in [3.05, 3.63) is 70.3 Å². The monoisotopic (exact) mass is 394 g/mol. The van der Waals surface area contributed by atoms with E-state index >= 15 is 0 Å². The van der Waals surface area contributed by atoms with Crippen molar-refractivity contribution in [2.45, 2.75) is 6.04 Å². The van der Waals surface area contributed by atoms with Crippen LogP contribution in [0.2, 0.25) is 0 Å². The van der Waals surface area contributed by atoms with Gasteiger partial charge in [-0.1, -0.05) is 12.1 Å². The summed E-state index contributed by atoms with van der Waals surface area (Å²) in [7, 11) is 4.63. The van der Waals surface area contributed by atoms with Crippen molar-refractivity contribution in [3.8, 4) is 17.0 Å². The summed E-state index contributed by atoms with van der Waals surface area (Å²) in [4.78, 5) is 28.9. The Bertz CT molecular complexity index is 1190. The van der Waals surface area contributed by atoms with E-state index in [2.05, 4.69) is 20.3 Å². The summed E-state index contributed by atoms with van der Waals surface area (Å²) >= 11 is 0. The average molecular weight is 394 g/mol. The zero-order valence-corrected chi connectivity index (χ0v) is 16.0. The number of aromatic nitrogens is 6. The van der Waals surface area contributed by atoms with E-state index in [1.165, 1.54) is 7.11 Å². The van der Waals surface area contributed by atoms with Crippen LogP contribution in [-0.4, -0.2) is 49.7 Å². The number of ether oxygens (including phenoxy) is 2. The van der Waals surface area contributed by atoms with Gasteiger partial charge in [0, 0.05) is 19.4 Å². The summed E-state index contributed by atoms with van der Waals surface area (Å²) in [6, 6.07) is 6.90. The Kier molecular flexibility index (Phi) is 4.59. The lowest BCUT2D eigenvalue weighted by molar-refractivity contribution is 0.0600. The number of aryl methyl sites for hydroxylation is 1. The van der Waals surface area contributed by atoms with Crippen LogP contribution < -0.4 is 10.3 Å². The summed E-state index contributed by atoms with van der Waals surface area (Å²) < 4.78 is 13.4. The van der Waals surface area contributed by atoms with Crippen LogP contribution in [-0.2, 0) is 11.8 Å². The van der Waals surface area contributed by atoms with E-state index in [0.29, 0.717) is 11.6 Å². The van der Waals surface area contributed by atoms with Crippen LogP contribution in [0.5, 0.6) is 5.75 Å². The van der Waals surface area contributed by atoms with Gasteiger partial charge in [0.05, 0.1) is 19.8 Å². The molecular weight excluding hydrogens is 376 g/mol. The molecule has 0 radical (unpaired) electrons. The lowest BCUT2D eigenvalue weighted by atomic mass is 10.0. The van der Waals surface area contributed by atoms with Crippen molar-refractivity contribution in [1.82, 2.24) is 29.5 Å². The number of hydrogen-bond donors (Lipinski definition) is 1. The van der Waals surface area contributed by atoms with Crippen LogP contribution in [0.4, 0.5) is 0 Å². The molecule has 0 fully saturated rings. The van der Waals surface area contributed by atoms with Crippen molar-refractivity contribution >= 4 is 5.97 Å². The van der Waals surface area contributed by atoms with E-state index in [9.17, 15) is 9.59 Å². The highest BCUT2D eigenvalue weighted by Crippen LogP contribution is 2.29. The molecule has 0 bridgehead atoms. The van der Waals surface area contributed by atoms with Crippen LogP contribution >= 0.6 is 0 Å². The van der Waals surface area contributed by atoms with Gasteiger partial charge in [-0.3, -0.25) is 9.48 Å². The molecule has 2 aliphatic heterocycles. The maximum absolute atomic E-state index is 12.3. The largest absolute Gasteiger partial charge is 0.497 e. The van der Waals surface area contributed by atoms with E-state index in [-0.39, 0.29) is 16.8 Å². The van der Waals surface area contributed by atoms with Crippen molar-refractivity contribution in [2.24, 2.45) is 7.05 Å². The Balaban J connectivity index is 1.96. The molecular formula is C19H18N6O4. The molecule has 0 amide bonds. The van der Waals surface area contributed by atoms with Gasteiger partial charge in [-0.05, 0) is 17.7 Å². The molecule has 10 heteroatoms. The number of benzene rings is 1. The van der Waals surface area contributed by atoms with Gasteiger partial charge in [0.2, 0.25) is 0 Å². The number of H-pyrrole nitrogens is 1. The summed E-state index contributed by atoms with van der Waals surface area (Å²) in [5.41, 5.74) is 1.12. The first-order valence-corrected chi connectivity index (χ1v) is 8.69. The second kappa shape index (κ2) is 7.23. The molecule has 10 nitrogen and oxygen atoms in total. The minimum atomic E-state index is -0.599. The summed E-state index contributed by atoms with van der Waals surface area (Å²) in [6.45, 7) is 0. The average Bonchev–Trinajstić information content (AvgIpc) is 3.33. The number of aromatic amines is 1. The van der Waals surface area contributed by atoms with E-state index in [0.717, 1.165) is 5.56 Å². The Morgan fingerprint density at radius 3 is 2.55 bits per heavy atom. The lowest BCUT2D eigenvalue weighted by Gasteiger charge is -2.21. The van der Waals surface area contributed by atoms with Gasteiger partial charge in [0.15, 0.2) is 5.82 Å². The number of hydrogen-bond acceptors (Lipinski definition) is 7. The molecule has 1 N–H and O–H groups in total. The molecule has 148 valence electrons. The minimum Gasteiger partial charge on any atom is -0.497 e. The van der Waals surface area contributed by atoms with Gasteiger partial charge in [-0.25, -0.2) is 14.9 Å². The van der Waals surface area contributed by atoms with Gasteiger partial charge in [-0.15, -0.1) is 0 Å². The number of nitrogens with zero attached hydrogens (tertiary/aromatic N) is 5. The first-order valence-electron chi connectivity index (χ1n) is 8.69. The fraction of sp³-hybridized carbons (Fsp3) is 0.211. The molecule has 2 aliphatic rings. The second-order valence-corrected chi connectivity index (χ2v) is 6.38. The number of pyridine rings is 1. The topological polar surface area (TPSA) is 117 Å².